The van der Waals surface area contributed by atoms with E-state index in [0.717, 1.165) is 41.3 Å². The molecule has 186 valence electrons. The van der Waals surface area contributed by atoms with Gasteiger partial charge in [-0.25, -0.2) is 15.0 Å². The summed E-state index contributed by atoms with van der Waals surface area (Å²) < 4.78 is 0. The molecule has 3 aromatic rings. The monoisotopic (exact) mass is 486 g/mol. The Hall–Kier alpha value is -4.05. The lowest BCUT2D eigenvalue weighted by Gasteiger charge is -2.34. The van der Waals surface area contributed by atoms with E-state index in [1.165, 1.54) is 0 Å². The number of nitrogens with one attached hydrogen (secondary N) is 2. The topological polar surface area (TPSA) is 107 Å². The van der Waals surface area contributed by atoms with Crippen LogP contribution >= 0.6 is 0 Å². The van der Waals surface area contributed by atoms with Crippen molar-refractivity contribution >= 4 is 29.3 Å². The molecule has 2 amide bonds. The average Bonchev–Trinajstić information content (AvgIpc) is 2.88. The second kappa shape index (κ2) is 10.7. The summed E-state index contributed by atoms with van der Waals surface area (Å²) in [6.45, 7) is 3.62. The molecule has 8 rings (SSSR count). The van der Waals surface area contributed by atoms with Gasteiger partial charge in [0.25, 0.3) is 0 Å². The number of anilines is 3. The maximum Gasteiger partial charge on any atom is 0.241 e. The van der Waals surface area contributed by atoms with Gasteiger partial charge in [0, 0.05) is 63.4 Å². The second-order valence-corrected chi connectivity index (χ2v) is 9.14. The Balaban J connectivity index is 1.38. The average molecular weight is 487 g/mol. The number of aromatic nitrogens is 3. The van der Waals surface area contributed by atoms with E-state index >= 15 is 0 Å². The molecule has 5 aliphatic rings. The highest BCUT2D eigenvalue weighted by Gasteiger charge is 2.26. The summed E-state index contributed by atoms with van der Waals surface area (Å²) in [5.74, 6) is 1.21. The molecule has 1 saturated heterocycles. The normalized spacial score (nSPS) is 19.1. The molecule has 1 aromatic carbocycles. The van der Waals surface area contributed by atoms with Crippen molar-refractivity contribution in [3.63, 3.8) is 0 Å². The lowest BCUT2D eigenvalue weighted by atomic mass is 10.1. The lowest BCUT2D eigenvalue weighted by Crippen LogP contribution is -2.52. The maximum atomic E-state index is 12.8. The fourth-order valence-electron chi connectivity index (χ4n) is 4.37. The number of hydrogen-bond donors (Lipinski definition) is 2. The number of benzene rings is 1. The molecule has 10 heteroatoms. The van der Waals surface area contributed by atoms with Gasteiger partial charge in [0.05, 0.1) is 18.8 Å². The zero-order valence-electron chi connectivity index (χ0n) is 20.4. The molecule has 1 unspecified atom stereocenters. The third kappa shape index (κ3) is 5.77. The molecule has 0 aliphatic carbocycles. The summed E-state index contributed by atoms with van der Waals surface area (Å²) in [6, 6.07) is 13.8. The van der Waals surface area contributed by atoms with Crippen LogP contribution in [0.15, 0.2) is 54.9 Å². The quantitative estimate of drug-likeness (QED) is 0.498. The highest BCUT2D eigenvalue weighted by atomic mass is 16.2. The van der Waals surface area contributed by atoms with E-state index in [2.05, 4.69) is 30.5 Å². The third-order valence-electron chi connectivity index (χ3n) is 6.43. The third-order valence-corrected chi connectivity index (χ3v) is 6.43. The first-order chi connectivity index (χ1) is 17.5. The zero-order valence-corrected chi connectivity index (χ0v) is 20.4. The van der Waals surface area contributed by atoms with Crippen LogP contribution in [0.5, 0.6) is 0 Å². The Bertz CT molecular complexity index is 1230. The molecule has 5 aliphatic heterocycles. The molecule has 1 atom stereocenters. The second-order valence-electron chi connectivity index (χ2n) is 9.14. The summed E-state index contributed by atoms with van der Waals surface area (Å²) in [4.78, 5) is 44.4. The minimum absolute atomic E-state index is 0.0168. The number of amides is 2. The number of pyridine rings is 1. The van der Waals surface area contributed by atoms with Crippen LogP contribution in [-0.4, -0.2) is 87.8 Å². The number of nitrogens with zero attached hydrogens (tertiary/aromatic N) is 6. The van der Waals surface area contributed by atoms with E-state index in [-0.39, 0.29) is 18.4 Å². The van der Waals surface area contributed by atoms with E-state index in [4.69, 9.17) is 0 Å². The molecule has 0 spiro atoms. The smallest absolute Gasteiger partial charge is 0.241 e. The minimum Gasteiger partial charge on any atom is -0.370 e. The number of hydrogen-bond acceptors (Lipinski definition) is 8. The van der Waals surface area contributed by atoms with Crippen LogP contribution in [0.3, 0.4) is 0 Å². The fraction of sp³-hybridized carbons (Fsp3) is 0.346. The van der Waals surface area contributed by atoms with Gasteiger partial charge in [-0.15, -0.1) is 0 Å². The first kappa shape index (κ1) is 23.7. The number of carbonyl (C=O) groups excluding carboxylic acids is 2. The SMILES string of the molecule is CN1CCCNc2ccc(cn2)-c2ccnc(n2)Nc2cccc(c2)CN2CCN(CC1=O)C(=O)C2. The van der Waals surface area contributed by atoms with Crippen LogP contribution in [0.4, 0.5) is 17.5 Å². The van der Waals surface area contributed by atoms with Gasteiger partial charge in [0.1, 0.15) is 5.82 Å². The molecule has 0 radical (unpaired) electrons. The first-order valence-corrected chi connectivity index (χ1v) is 12.2. The maximum absolute atomic E-state index is 12.8. The molecular weight excluding hydrogens is 456 g/mol. The van der Waals surface area contributed by atoms with Gasteiger partial charge in [0.15, 0.2) is 0 Å². The molecule has 8 bridgehead atoms. The van der Waals surface area contributed by atoms with Crippen LogP contribution in [-0.2, 0) is 16.1 Å². The molecule has 7 heterocycles. The van der Waals surface area contributed by atoms with Crippen molar-refractivity contribution in [3.05, 3.63) is 60.4 Å². The van der Waals surface area contributed by atoms with Gasteiger partial charge in [-0.2, -0.15) is 0 Å². The molecule has 2 N–H and O–H groups in total. The van der Waals surface area contributed by atoms with Gasteiger partial charge in [0.2, 0.25) is 17.8 Å². The van der Waals surface area contributed by atoms with Crippen molar-refractivity contribution in [2.45, 2.75) is 13.0 Å². The van der Waals surface area contributed by atoms with Crippen molar-refractivity contribution in [2.75, 3.05) is 56.9 Å². The molecular formula is C26H30N8O2. The fourth-order valence-corrected chi connectivity index (χ4v) is 4.37. The van der Waals surface area contributed by atoms with Crippen molar-refractivity contribution in [1.82, 2.24) is 29.7 Å². The lowest BCUT2D eigenvalue weighted by molar-refractivity contribution is -0.143. The summed E-state index contributed by atoms with van der Waals surface area (Å²) in [6.07, 6.45) is 4.29. The van der Waals surface area contributed by atoms with Crippen molar-refractivity contribution in [2.24, 2.45) is 0 Å². The van der Waals surface area contributed by atoms with Gasteiger partial charge >= 0.3 is 0 Å². The number of carbonyl (C=O) groups is 2. The number of piperazine rings is 1. The van der Waals surface area contributed by atoms with Crippen LogP contribution in [0.25, 0.3) is 11.3 Å². The van der Waals surface area contributed by atoms with E-state index in [1.807, 2.05) is 42.5 Å². The Kier molecular flexibility index (Phi) is 7.03. The predicted octanol–water partition coefficient (Wildman–Crippen LogP) is 2.20. The Labute approximate surface area is 210 Å². The highest BCUT2D eigenvalue weighted by Crippen LogP contribution is 2.21. The van der Waals surface area contributed by atoms with Gasteiger partial charge in [-0.3, -0.25) is 14.5 Å². The van der Waals surface area contributed by atoms with Gasteiger partial charge in [-0.1, -0.05) is 12.1 Å². The Morgan fingerprint density at radius 3 is 2.67 bits per heavy atom. The zero-order chi connectivity index (χ0) is 24.9. The number of rotatable bonds is 0. The molecule has 10 nitrogen and oxygen atoms in total. The summed E-state index contributed by atoms with van der Waals surface area (Å²) in [7, 11) is 1.79. The summed E-state index contributed by atoms with van der Waals surface area (Å²) in [5, 5.41) is 6.59. The minimum atomic E-state index is -0.0423. The van der Waals surface area contributed by atoms with Crippen LogP contribution in [0, 0.1) is 0 Å². The first-order valence-electron chi connectivity index (χ1n) is 12.2. The van der Waals surface area contributed by atoms with E-state index < -0.39 is 0 Å². The molecule has 36 heavy (non-hydrogen) atoms. The molecule has 0 saturated carbocycles. The summed E-state index contributed by atoms with van der Waals surface area (Å²) in [5.41, 5.74) is 3.63. The van der Waals surface area contributed by atoms with Gasteiger partial charge in [-0.05, 0) is 42.3 Å². The van der Waals surface area contributed by atoms with E-state index in [1.54, 1.807) is 29.2 Å². The standard InChI is InChI=1S/C26H30N8O2/c1-32-11-3-9-27-23-7-6-20(15-29-23)22-8-10-28-26(31-22)30-21-5-2-4-19(14-21)16-33-12-13-34(18-24(32)35)25(36)17-33/h2,4-8,10,14-15H,3,9,11-13,16-18H2,1H3,(H,27,29)(H,28,30,31). The van der Waals surface area contributed by atoms with Crippen LogP contribution in [0.2, 0.25) is 0 Å². The highest BCUT2D eigenvalue weighted by molar-refractivity contribution is 5.86. The largest absolute Gasteiger partial charge is 0.370 e. The molecule has 2 aromatic heterocycles. The Morgan fingerprint density at radius 2 is 1.83 bits per heavy atom. The van der Waals surface area contributed by atoms with Gasteiger partial charge < -0.3 is 20.4 Å². The van der Waals surface area contributed by atoms with E-state index in [9.17, 15) is 9.59 Å². The van der Waals surface area contributed by atoms with E-state index in [0.29, 0.717) is 38.7 Å². The number of likely N-dealkylation sites (N-methyl/N-ethyl adjacent to an activating group) is 1. The van der Waals surface area contributed by atoms with Crippen LogP contribution in [0.1, 0.15) is 12.0 Å². The van der Waals surface area contributed by atoms with Crippen LogP contribution < -0.4 is 10.6 Å². The summed E-state index contributed by atoms with van der Waals surface area (Å²) >= 11 is 0. The molecule has 1 fully saturated rings. The van der Waals surface area contributed by atoms with Crippen molar-refractivity contribution < 1.29 is 9.59 Å². The predicted molar refractivity (Wildman–Crippen MR) is 138 cm³/mol. The Morgan fingerprint density at radius 1 is 0.917 bits per heavy atom. The van der Waals surface area contributed by atoms with Crippen molar-refractivity contribution in [1.29, 1.82) is 0 Å². The van der Waals surface area contributed by atoms with Crippen molar-refractivity contribution in [3.8, 4) is 11.3 Å².